The van der Waals surface area contributed by atoms with Crippen molar-refractivity contribution in [2.45, 2.75) is 39.3 Å². The molecule has 0 aliphatic carbocycles. The van der Waals surface area contributed by atoms with Gasteiger partial charge in [-0.05, 0) is 27.7 Å². The number of nitrogens with one attached hydrogen (secondary N) is 2. The van der Waals surface area contributed by atoms with Crippen molar-refractivity contribution in [2.75, 3.05) is 13.1 Å². The van der Waals surface area contributed by atoms with E-state index in [1.165, 1.54) is 0 Å². The zero-order chi connectivity index (χ0) is 11.9. The number of rotatable bonds is 5. The second-order valence-electron chi connectivity index (χ2n) is 4.49. The molecule has 0 aromatic carbocycles. The van der Waals surface area contributed by atoms with Crippen LogP contribution in [-0.2, 0) is 4.74 Å². The van der Waals surface area contributed by atoms with Crippen molar-refractivity contribution in [1.82, 2.24) is 10.6 Å². The van der Waals surface area contributed by atoms with Crippen LogP contribution in [0, 0.1) is 0 Å². The van der Waals surface area contributed by atoms with E-state index in [9.17, 15) is 4.79 Å². The summed E-state index contributed by atoms with van der Waals surface area (Å²) < 4.78 is 5.12. The standard InChI is InChI=1S/C11H22N2O2/c1-6-7-12-8-9(2)13-10(14)15-11(3,4)5/h6,9,12H,1,7-8H2,2-5H3,(H,13,14). The Kier molecular flexibility index (Phi) is 6.01. The van der Waals surface area contributed by atoms with Gasteiger partial charge < -0.3 is 15.4 Å². The maximum atomic E-state index is 11.3. The minimum atomic E-state index is -0.446. The quantitative estimate of drug-likeness (QED) is 0.540. The van der Waals surface area contributed by atoms with Crippen molar-refractivity contribution in [3.8, 4) is 0 Å². The van der Waals surface area contributed by atoms with Gasteiger partial charge in [-0.1, -0.05) is 6.08 Å². The van der Waals surface area contributed by atoms with Crippen molar-refractivity contribution in [3.05, 3.63) is 12.7 Å². The van der Waals surface area contributed by atoms with E-state index in [0.717, 1.165) is 6.54 Å². The molecule has 0 fully saturated rings. The molecule has 0 aliphatic rings. The Labute approximate surface area is 92.1 Å². The molecular formula is C11H22N2O2. The lowest BCUT2D eigenvalue weighted by Crippen LogP contribution is -2.42. The van der Waals surface area contributed by atoms with Gasteiger partial charge in [0.25, 0.3) is 0 Å². The second-order valence-corrected chi connectivity index (χ2v) is 4.49. The highest BCUT2D eigenvalue weighted by molar-refractivity contribution is 5.68. The summed E-state index contributed by atoms with van der Waals surface area (Å²) in [6.07, 6.45) is 1.40. The molecule has 88 valence electrons. The van der Waals surface area contributed by atoms with E-state index < -0.39 is 5.60 Å². The van der Waals surface area contributed by atoms with Gasteiger partial charge in [0.1, 0.15) is 5.60 Å². The highest BCUT2D eigenvalue weighted by Crippen LogP contribution is 2.06. The van der Waals surface area contributed by atoms with Gasteiger partial charge in [-0.15, -0.1) is 6.58 Å². The Balaban J connectivity index is 3.71. The van der Waals surface area contributed by atoms with E-state index in [-0.39, 0.29) is 12.1 Å². The predicted molar refractivity (Wildman–Crippen MR) is 61.9 cm³/mol. The van der Waals surface area contributed by atoms with Gasteiger partial charge in [0.15, 0.2) is 0 Å². The van der Waals surface area contributed by atoms with Crippen LogP contribution < -0.4 is 10.6 Å². The Morgan fingerprint density at radius 2 is 2.13 bits per heavy atom. The van der Waals surface area contributed by atoms with Crippen LogP contribution in [0.25, 0.3) is 0 Å². The lowest BCUT2D eigenvalue weighted by Gasteiger charge is -2.22. The molecule has 4 heteroatoms. The highest BCUT2D eigenvalue weighted by atomic mass is 16.6. The minimum Gasteiger partial charge on any atom is -0.444 e. The first-order valence-corrected chi connectivity index (χ1v) is 5.16. The van der Waals surface area contributed by atoms with Crippen LogP contribution in [0.1, 0.15) is 27.7 Å². The van der Waals surface area contributed by atoms with Crippen molar-refractivity contribution in [3.63, 3.8) is 0 Å². The molecule has 0 heterocycles. The number of carbonyl (C=O) groups is 1. The molecule has 4 nitrogen and oxygen atoms in total. The molecule has 0 aromatic heterocycles. The predicted octanol–water partition coefficient (Wildman–Crippen LogP) is 1.68. The smallest absolute Gasteiger partial charge is 0.407 e. The molecule has 0 bridgehead atoms. The topological polar surface area (TPSA) is 50.4 Å². The van der Waals surface area contributed by atoms with Crippen LogP contribution in [0.2, 0.25) is 0 Å². The Hall–Kier alpha value is -1.03. The number of hydrogen-bond acceptors (Lipinski definition) is 3. The van der Waals surface area contributed by atoms with E-state index in [2.05, 4.69) is 17.2 Å². The van der Waals surface area contributed by atoms with Crippen LogP contribution in [0.4, 0.5) is 4.79 Å². The Bertz CT molecular complexity index is 209. The van der Waals surface area contributed by atoms with Gasteiger partial charge in [0, 0.05) is 19.1 Å². The molecule has 0 rings (SSSR count). The fourth-order valence-corrected chi connectivity index (χ4v) is 0.962. The molecule has 0 aromatic rings. The van der Waals surface area contributed by atoms with Gasteiger partial charge >= 0.3 is 6.09 Å². The third-order valence-electron chi connectivity index (χ3n) is 1.50. The van der Waals surface area contributed by atoms with Gasteiger partial charge in [-0.25, -0.2) is 4.79 Å². The molecule has 0 spiro atoms. The van der Waals surface area contributed by atoms with Gasteiger partial charge in [-0.3, -0.25) is 0 Å². The number of alkyl carbamates (subject to hydrolysis) is 1. The molecule has 2 N–H and O–H groups in total. The lowest BCUT2D eigenvalue weighted by atomic mass is 10.2. The second kappa shape index (κ2) is 6.45. The zero-order valence-corrected chi connectivity index (χ0v) is 10.1. The molecule has 0 aliphatic heterocycles. The minimum absolute atomic E-state index is 0.0415. The maximum Gasteiger partial charge on any atom is 0.407 e. The van der Waals surface area contributed by atoms with Crippen LogP contribution in [0.3, 0.4) is 0 Å². The van der Waals surface area contributed by atoms with Crippen molar-refractivity contribution in [1.29, 1.82) is 0 Å². The van der Waals surface area contributed by atoms with Crippen LogP contribution in [0.5, 0.6) is 0 Å². The van der Waals surface area contributed by atoms with Crippen LogP contribution >= 0.6 is 0 Å². The molecule has 15 heavy (non-hydrogen) atoms. The average molecular weight is 214 g/mol. The molecule has 1 unspecified atom stereocenters. The maximum absolute atomic E-state index is 11.3. The first kappa shape index (κ1) is 14.0. The SMILES string of the molecule is C=CCNCC(C)NC(=O)OC(C)(C)C. The fourth-order valence-electron chi connectivity index (χ4n) is 0.962. The van der Waals surface area contributed by atoms with E-state index in [1.54, 1.807) is 6.08 Å². The summed E-state index contributed by atoms with van der Waals surface area (Å²) in [5.74, 6) is 0. The molecule has 0 saturated carbocycles. The number of hydrogen-bond donors (Lipinski definition) is 2. The average Bonchev–Trinajstić information content (AvgIpc) is 2.00. The monoisotopic (exact) mass is 214 g/mol. The van der Waals surface area contributed by atoms with E-state index in [0.29, 0.717) is 6.54 Å². The largest absolute Gasteiger partial charge is 0.444 e. The van der Waals surface area contributed by atoms with Crippen molar-refractivity contribution in [2.24, 2.45) is 0 Å². The number of carbonyl (C=O) groups excluding carboxylic acids is 1. The number of amides is 1. The molecule has 0 radical (unpaired) electrons. The van der Waals surface area contributed by atoms with Crippen LogP contribution in [0.15, 0.2) is 12.7 Å². The van der Waals surface area contributed by atoms with E-state index in [4.69, 9.17) is 4.74 Å². The zero-order valence-electron chi connectivity index (χ0n) is 10.1. The fraction of sp³-hybridized carbons (Fsp3) is 0.727. The third kappa shape index (κ3) is 9.28. The molecule has 0 saturated heterocycles. The van der Waals surface area contributed by atoms with Crippen molar-refractivity contribution < 1.29 is 9.53 Å². The van der Waals surface area contributed by atoms with Gasteiger partial charge in [0.05, 0.1) is 0 Å². The van der Waals surface area contributed by atoms with Crippen molar-refractivity contribution >= 4 is 6.09 Å². The van der Waals surface area contributed by atoms with Gasteiger partial charge in [0.2, 0.25) is 0 Å². The summed E-state index contributed by atoms with van der Waals surface area (Å²) >= 11 is 0. The summed E-state index contributed by atoms with van der Waals surface area (Å²) in [6.45, 7) is 12.5. The Morgan fingerprint density at radius 1 is 1.53 bits per heavy atom. The van der Waals surface area contributed by atoms with E-state index >= 15 is 0 Å². The number of ether oxygens (including phenoxy) is 1. The molecule has 1 amide bonds. The summed E-state index contributed by atoms with van der Waals surface area (Å²) in [5, 5.41) is 5.85. The molecule has 1 atom stereocenters. The highest BCUT2D eigenvalue weighted by Gasteiger charge is 2.17. The molecular weight excluding hydrogens is 192 g/mol. The lowest BCUT2D eigenvalue weighted by molar-refractivity contribution is 0.0508. The first-order chi connectivity index (χ1) is 6.85. The van der Waals surface area contributed by atoms with E-state index in [1.807, 2.05) is 27.7 Å². The first-order valence-electron chi connectivity index (χ1n) is 5.16. The Morgan fingerprint density at radius 3 is 2.60 bits per heavy atom. The summed E-state index contributed by atoms with van der Waals surface area (Å²) in [5.41, 5.74) is -0.446. The summed E-state index contributed by atoms with van der Waals surface area (Å²) in [4.78, 5) is 11.3. The van der Waals surface area contributed by atoms with Crippen LogP contribution in [-0.4, -0.2) is 30.8 Å². The summed E-state index contributed by atoms with van der Waals surface area (Å²) in [6, 6.07) is 0.0415. The van der Waals surface area contributed by atoms with Gasteiger partial charge in [-0.2, -0.15) is 0 Å². The normalized spacial score (nSPS) is 13.1. The summed E-state index contributed by atoms with van der Waals surface area (Å²) in [7, 11) is 0. The third-order valence-corrected chi connectivity index (χ3v) is 1.50.